The number of amides is 1. The van der Waals surface area contributed by atoms with Crippen LogP contribution in [0.25, 0.3) is 0 Å². The van der Waals surface area contributed by atoms with Crippen molar-refractivity contribution in [3.8, 4) is 11.8 Å². The first-order valence-electron chi connectivity index (χ1n) is 7.48. The summed E-state index contributed by atoms with van der Waals surface area (Å²) in [6, 6.07) is 11.5. The van der Waals surface area contributed by atoms with Crippen LogP contribution in [0.15, 0.2) is 41.0 Å². The highest BCUT2D eigenvalue weighted by Gasteiger charge is 2.16. The second-order valence-electron chi connectivity index (χ2n) is 5.31. The van der Waals surface area contributed by atoms with Gasteiger partial charge in [0.2, 0.25) is 0 Å². The molecule has 120 valence electrons. The van der Waals surface area contributed by atoms with Crippen molar-refractivity contribution < 1.29 is 13.9 Å². The highest BCUT2D eigenvalue weighted by molar-refractivity contribution is 5.77. The summed E-state index contributed by atoms with van der Waals surface area (Å²) in [4.78, 5) is 14.0. The molecule has 1 aromatic carbocycles. The molecular formula is C18H20N2O3. The van der Waals surface area contributed by atoms with E-state index in [0.717, 1.165) is 16.9 Å². The van der Waals surface area contributed by atoms with E-state index in [4.69, 9.17) is 14.4 Å². The minimum atomic E-state index is -0.167. The van der Waals surface area contributed by atoms with Gasteiger partial charge >= 0.3 is 0 Å². The molecule has 1 aromatic heterocycles. The lowest BCUT2D eigenvalue weighted by molar-refractivity contribution is -0.134. The number of hydrogen-bond donors (Lipinski definition) is 0. The number of hydrogen-bond acceptors (Lipinski definition) is 4. The molecule has 0 bridgehead atoms. The van der Waals surface area contributed by atoms with Crippen molar-refractivity contribution in [2.45, 2.75) is 26.8 Å². The van der Waals surface area contributed by atoms with Crippen molar-refractivity contribution in [1.82, 2.24) is 4.90 Å². The molecule has 0 N–H and O–H groups in total. The minimum Gasteiger partial charge on any atom is -0.483 e. The first-order valence-corrected chi connectivity index (χ1v) is 7.48. The standard InChI is InChI=1S/C18H20N2O3/c1-14-6-3-7-15(2)18(14)23-13-17(21)20(10-5-9-19)12-16-8-4-11-22-16/h3-4,6-8,11H,5,10,12-13H2,1-2H3. The van der Waals surface area contributed by atoms with Crippen molar-refractivity contribution in [1.29, 1.82) is 5.26 Å². The summed E-state index contributed by atoms with van der Waals surface area (Å²) in [6.45, 7) is 4.53. The van der Waals surface area contributed by atoms with E-state index in [1.807, 2.05) is 32.0 Å². The Morgan fingerprint density at radius 1 is 1.26 bits per heavy atom. The van der Waals surface area contributed by atoms with Gasteiger partial charge in [-0.2, -0.15) is 5.26 Å². The fraction of sp³-hybridized carbons (Fsp3) is 0.333. The number of rotatable bonds is 7. The van der Waals surface area contributed by atoms with Gasteiger partial charge < -0.3 is 14.1 Å². The first kappa shape index (κ1) is 16.6. The van der Waals surface area contributed by atoms with Crippen molar-refractivity contribution >= 4 is 5.91 Å². The molecule has 5 nitrogen and oxygen atoms in total. The maximum Gasteiger partial charge on any atom is 0.260 e. The third kappa shape index (κ3) is 4.62. The number of benzene rings is 1. The average molecular weight is 312 g/mol. The van der Waals surface area contributed by atoms with E-state index in [-0.39, 0.29) is 18.9 Å². The monoisotopic (exact) mass is 312 g/mol. The summed E-state index contributed by atoms with van der Waals surface area (Å²) in [6.07, 6.45) is 1.84. The zero-order valence-electron chi connectivity index (χ0n) is 13.4. The van der Waals surface area contributed by atoms with Crippen molar-refractivity contribution in [3.05, 3.63) is 53.5 Å². The summed E-state index contributed by atoms with van der Waals surface area (Å²) < 4.78 is 11.0. The summed E-state index contributed by atoms with van der Waals surface area (Å²) in [5, 5.41) is 8.76. The van der Waals surface area contributed by atoms with Gasteiger partial charge in [-0.05, 0) is 37.1 Å². The molecule has 1 heterocycles. The molecule has 1 amide bonds. The van der Waals surface area contributed by atoms with Gasteiger partial charge in [0.05, 0.1) is 25.3 Å². The Morgan fingerprint density at radius 3 is 2.61 bits per heavy atom. The SMILES string of the molecule is Cc1cccc(C)c1OCC(=O)N(CCC#N)Cc1ccco1. The quantitative estimate of drug-likeness (QED) is 0.787. The molecule has 0 atom stereocenters. The van der Waals surface area contributed by atoms with Gasteiger partial charge in [-0.3, -0.25) is 4.79 Å². The van der Waals surface area contributed by atoms with Gasteiger partial charge in [0.1, 0.15) is 11.5 Å². The summed E-state index contributed by atoms with van der Waals surface area (Å²) in [5.41, 5.74) is 1.99. The number of para-hydroxylation sites is 1. The lowest BCUT2D eigenvalue weighted by Gasteiger charge is -2.21. The summed E-state index contributed by atoms with van der Waals surface area (Å²) in [7, 11) is 0. The molecule has 0 saturated heterocycles. The molecule has 0 aliphatic heterocycles. The third-order valence-corrected chi connectivity index (χ3v) is 3.52. The van der Waals surface area contributed by atoms with E-state index in [2.05, 4.69) is 6.07 Å². The summed E-state index contributed by atoms with van der Waals surface area (Å²) in [5.74, 6) is 1.25. The molecule has 2 aromatic rings. The van der Waals surface area contributed by atoms with Gasteiger partial charge in [-0.25, -0.2) is 0 Å². The van der Waals surface area contributed by atoms with E-state index in [1.54, 1.807) is 23.3 Å². The van der Waals surface area contributed by atoms with Crippen molar-refractivity contribution in [2.24, 2.45) is 0 Å². The Morgan fingerprint density at radius 2 is 2.00 bits per heavy atom. The van der Waals surface area contributed by atoms with Crippen LogP contribution in [0, 0.1) is 25.2 Å². The number of carbonyl (C=O) groups excluding carboxylic acids is 1. The van der Waals surface area contributed by atoms with Gasteiger partial charge in [0, 0.05) is 6.54 Å². The molecule has 0 unspecified atom stereocenters. The third-order valence-electron chi connectivity index (χ3n) is 3.52. The maximum atomic E-state index is 12.4. The van der Waals surface area contributed by atoms with E-state index in [9.17, 15) is 4.79 Å². The Labute approximate surface area is 136 Å². The summed E-state index contributed by atoms with van der Waals surface area (Å²) >= 11 is 0. The minimum absolute atomic E-state index is 0.0577. The van der Waals surface area contributed by atoms with Gasteiger partial charge in [-0.15, -0.1) is 0 Å². The highest BCUT2D eigenvalue weighted by atomic mass is 16.5. The molecule has 0 radical (unpaired) electrons. The van der Waals surface area contributed by atoms with Crippen molar-refractivity contribution in [2.75, 3.05) is 13.2 Å². The first-order chi connectivity index (χ1) is 11.1. The number of aryl methyl sites for hydroxylation is 2. The smallest absolute Gasteiger partial charge is 0.260 e. The predicted molar refractivity (Wildman–Crippen MR) is 85.8 cm³/mol. The van der Waals surface area contributed by atoms with Gasteiger partial charge in [0.15, 0.2) is 6.61 Å². The predicted octanol–water partition coefficient (Wildman–Crippen LogP) is 3.22. The van der Waals surface area contributed by atoms with E-state index >= 15 is 0 Å². The van der Waals surface area contributed by atoms with Crippen LogP contribution >= 0.6 is 0 Å². The number of nitrogens with zero attached hydrogens (tertiary/aromatic N) is 2. The number of furan rings is 1. The van der Waals surface area contributed by atoms with Crippen LogP contribution in [0.2, 0.25) is 0 Å². The fourth-order valence-electron chi connectivity index (χ4n) is 2.32. The zero-order valence-corrected chi connectivity index (χ0v) is 13.4. The molecule has 2 rings (SSSR count). The number of carbonyl (C=O) groups is 1. The van der Waals surface area contributed by atoms with Crippen LogP contribution in [-0.2, 0) is 11.3 Å². The normalized spacial score (nSPS) is 10.1. The Balaban J connectivity index is 2.01. The van der Waals surface area contributed by atoms with Crippen LogP contribution < -0.4 is 4.74 Å². The lowest BCUT2D eigenvalue weighted by Crippen LogP contribution is -2.35. The van der Waals surface area contributed by atoms with E-state index in [0.29, 0.717) is 18.8 Å². The molecule has 0 spiro atoms. The van der Waals surface area contributed by atoms with Gasteiger partial charge in [-0.1, -0.05) is 18.2 Å². The maximum absolute atomic E-state index is 12.4. The molecule has 0 aliphatic rings. The molecule has 23 heavy (non-hydrogen) atoms. The zero-order chi connectivity index (χ0) is 16.7. The van der Waals surface area contributed by atoms with Crippen LogP contribution in [0.3, 0.4) is 0 Å². The van der Waals surface area contributed by atoms with Crippen LogP contribution in [0.1, 0.15) is 23.3 Å². The number of ether oxygens (including phenoxy) is 1. The number of nitriles is 1. The molecular weight excluding hydrogens is 292 g/mol. The van der Waals surface area contributed by atoms with E-state index in [1.165, 1.54) is 0 Å². The Kier molecular flexibility index (Phi) is 5.81. The average Bonchev–Trinajstić information content (AvgIpc) is 3.03. The van der Waals surface area contributed by atoms with Crippen LogP contribution in [0.5, 0.6) is 5.75 Å². The second kappa shape index (κ2) is 8.04. The Hall–Kier alpha value is -2.74. The lowest BCUT2D eigenvalue weighted by atomic mass is 10.1. The fourth-order valence-corrected chi connectivity index (χ4v) is 2.32. The van der Waals surface area contributed by atoms with Gasteiger partial charge in [0.25, 0.3) is 5.91 Å². The van der Waals surface area contributed by atoms with Crippen LogP contribution in [0.4, 0.5) is 0 Å². The largest absolute Gasteiger partial charge is 0.483 e. The molecule has 5 heteroatoms. The van der Waals surface area contributed by atoms with Crippen molar-refractivity contribution in [3.63, 3.8) is 0 Å². The van der Waals surface area contributed by atoms with Crippen LogP contribution in [-0.4, -0.2) is 24.0 Å². The molecule has 0 fully saturated rings. The second-order valence-corrected chi connectivity index (χ2v) is 5.31. The topological polar surface area (TPSA) is 66.5 Å². The molecule has 0 aliphatic carbocycles. The van der Waals surface area contributed by atoms with E-state index < -0.39 is 0 Å². The Bertz CT molecular complexity index is 667. The molecule has 0 saturated carbocycles. The highest BCUT2D eigenvalue weighted by Crippen LogP contribution is 2.22.